The van der Waals surface area contributed by atoms with Gasteiger partial charge in [-0.1, -0.05) is 0 Å². The molecule has 1 aromatic heterocycles. The molecule has 0 saturated carbocycles. The number of benzene rings is 1. The van der Waals surface area contributed by atoms with Gasteiger partial charge >= 0.3 is 0 Å². The Bertz CT molecular complexity index is 421. The van der Waals surface area contributed by atoms with E-state index in [2.05, 4.69) is 5.32 Å². The largest absolute Gasteiger partial charge is 0.464 e. The van der Waals surface area contributed by atoms with Gasteiger partial charge in [0.15, 0.2) is 0 Å². The molecule has 0 amide bonds. The molecule has 0 radical (unpaired) electrons. The monoisotopic (exact) mass is 188 g/mol. The van der Waals surface area contributed by atoms with Gasteiger partial charge in [-0.15, -0.1) is 0 Å². The zero-order valence-corrected chi connectivity index (χ0v) is 7.95. The molecule has 3 nitrogen and oxygen atoms in total. The first-order valence-corrected chi connectivity index (χ1v) is 4.42. The minimum atomic E-state index is 0.732. The van der Waals surface area contributed by atoms with Crippen molar-refractivity contribution in [2.45, 2.75) is 0 Å². The second-order valence-corrected chi connectivity index (χ2v) is 3.03. The summed E-state index contributed by atoms with van der Waals surface area (Å²) in [7, 11) is 1.87. The van der Waals surface area contributed by atoms with E-state index in [-0.39, 0.29) is 0 Å². The smallest absolute Gasteiger partial charge is 0.136 e. The van der Waals surface area contributed by atoms with E-state index < -0.39 is 0 Å². The molecule has 0 aliphatic heterocycles. The zero-order chi connectivity index (χ0) is 9.97. The van der Waals surface area contributed by atoms with E-state index in [4.69, 9.17) is 10.2 Å². The third kappa shape index (κ3) is 1.44. The molecule has 0 aliphatic rings. The summed E-state index contributed by atoms with van der Waals surface area (Å²) in [5.41, 5.74) is 8.44. The van der Waals surface area contributed by atoms with Gasteiger partial charge in [0.05, 0.1) is 6.26 Å². The molecule has 3 N–H and O–H groups in total. The quantitative estimate of drug-likeness (QED) is 0.712. The summed E-state index contributed by atoms with van der Waals surface area (Å²) < 4.78 is 5.32. The molecule has 0 aliphatic carbocycles. The number of furan rings is 1. The van der Waals surface area contributed by atoms with Crippen LogP contribution in [-0.2, 0) is 0 Å². The van der Waals surface area contributed by atoms with Crippen LogP contribution in [0.5, 0.6) is 0 Å². The second-order valence-electron chi connectivity index (χ2n) is 3.03. The Balaban J connectivity index is 2.55. The molecule has 72 valence electrons. The number of hydrogen-bond donors (Lipinski definition) is 2. The van der Waals surface area contributed by atoms with Gasteiger partial charge in [-0.3, -0.25) is 0 Å². The summed E-state index contributed by atoms with van der Waals surface area (Å²) in [4.78, 5) is 0. The van der Waals surface area contributed by atoms with Gasteiger partial charge in [0.2, 0.25) is 0 Å². The highest BCUT2D eigenvalue weighted by atomic mass is 16.3. The number of nitrogens with two attached hydrogens (primary N) is 1. The van der Waals surface area contributed by atoms with Crippen molar-refractivity contribution in [1.82, 2.24) is 0 Å². The number of rotatable bonds is 2. The summed E-state index contributed by atoms with van der Waals surface area (Å²) in [6, 6.07) is 9.46. The molecule has 3 heteroatoms. The fraction of sp³-hybridized carbons (Fsp3) is 0.0909. The van der Waals surface area contributed by atoms with Gasteiger partial charge in [0.1, 0.15) is 5.76 Å². The molecule has 2 aromatic rings. The highest BCUT2D eigenvalue weighted by molar-refractivity contribution is 5.77. The minimum absolute atomic E-state index is 0.732. The highest BCUT2D eigenvalue weighted by Crippen LogP contribution is 2.29. The van der Waals surface area contributed by atoms with Crippen LogP contribution in [0.15, 0.2) is 41.0 Å². The Labute approximate surface area is 82.5 Å². The fourth-order valence-electron chi connectivity index (χ4n) is 1.42. The number of nitrogen functional groups attached to an aromatic ring is 1. The zero-order valence-electron chi connectivity index (χ0n) is 7.95. The van der Waals surface area contributed by atoms with Gasteiger partial charge in [0, 0.05) is 24.0 Å². The molecule has 0 fully saturated rings. The molecule has 0 atom stereocenters. The summed E-state index contributed by atoms with van der Waals surface area (Å²) in [6.07, 6.45) is 1.65. The van der Waals surface area contributed by atoms with Crippen LogP contribution in [-0.4, -0.2) is 7.05 Å². The van der Waals surface area contributed by atoms with Gasteiger partial charge in [-0.25, -0.2) is 0 Å². The van der Waals surface area contributed by atoms with Crippen molar-refractivity contribution in [3.05, 3.63) is 36.6 Å². The Morgan fingerprint density at radius 3 is 2.79 bits per heavy atom. The maximum absolute atomic E-state index is 5.72. The van der Waals surface area contributed by atoms with Crippen molar-refractivity contribution in [3.8, 4) is 11.3 Å². The molecule has 0 unspecified atom stereocenters. The molecule has 14 heavy (non-hydrogen) atoms. The predicted molar refractivity (Wildman–Crippen MR) is 58.1 cm³/mol. The van der Waals surface area contributed by atoms with E-state index >= 15 is 0 Å². The summed E-state index contributed by atoms with van der Waals surface area (Å²) in [5.74, 6) is 0.821. The molecule has 0 spiro atoms. The van der Waals surface area contributed by atoms with Crippen LogP contribution in [0.2, 0.25) is 0 Å². The van der Waals surface area contributed by atoms with Crippen molar-refractivity contribution < 1.29 is 4.42 Å². The average Bonchev–Trinajstić information content (AvgIpc) is 2.70. The molecule has 0 bridgehead atoms. The maximum Gasteiger partial charge on any atom is 0.136 e. The molecule has 1 aromatic carbocycles. The second kappa shape index (κ2) is 3.46. The first kappa shape index (κ1) is 8.69. The van der Waals surface area contributed by atoms with Gasteiger partial charge in [-0.2, -0.15) is 0 Å². The Kier molecular flexibility index (Phi) is 2.14. The van der Waals surface area contributed by atoms with Crippen LogP contribution < -0.4 is 11.1 Å². The maximum atomic E-state index is 5.72. The highest BCUT2D eigenvalue weighted by Gasteiger charge is 2.06. The Morgan fingerprint density at radius 1 is 1.29 bits per heavy atom. The van der Waals surface area contributed by atoms with Crippen molar-refractivity contribution in [2.75, 3.05) is 18.1 Å². The predicted octanol–water partition coefficient (Wildman–Crippen LogP) is 2.57. The van der Waals surface area contributed by atoms with Crippen molar-refractivity contribution in [1.29, 1.82) is 0 Å². The fourth-order valence-corrected chi connectivity index (χ4v) is 1.42. The average molecular weight is 188 g/mol. The normalized spacial score (nSPS) is 10.1. The van der Waals surface area contributed by atoms with Crippen LogP contribution in [0, 0.1) is 0 Å². The van der Waals surface area contributed by atoms with E-state index in [1.54, 1.807) is 6.26 Å². The topological polar surface area (TPSA) is 51.2 Å². The lowest BCUT2D eigenvalue weighted by Gasteiger charge is -2.07. The first-order chi connectivity index (χ1) is 6.81. The number of anilines is 2. The van der Waals surface area contributed by atoms with Crippen LogP contribution in [0.25, 0.3) is 11.3 Å². The summed E-state index contributed by atoms with van der Waals surface area (Å²) >= 11 is 0. The van der Waals surface area contributed by atoms with E-state index in [0.717, 1.165) is 22.7 Å². The molecule has 2 rings (SSSR count). The van der Waals surface area contributed by atoms with Crippen LogP contribution in [0.4, 0.5) is 11.4 Å². The first-order valence-electron chi connectivity index (χ1n) is 4.42. The molecular formula is C11H12N2O. The lowest BCUT2D eigenvalue weighted by Crippen LogP contribution is -1.93. The summed E-state index contributed by atoms with van der Waals surface area (Å²) in [5, 5.41) is 3.10. The summed E-state index contributed by atoms with van der Waals surface area (Å²) in [6.45, 7) is 0. The van der Waals surface area contributed by atoms with Crippen molar-refractivity contribution >= 4 is 11.4 Å². The number of hydrogen-bond acceptors (Lipinski definition) is 3. The van der Waals surface area contributed by atoms with E-state index in [0.29, 0.717) is 0 Å². The van der Waals surface area contributed by atoms with Crippen molar-refractivity contribution in [2.24, 2.45) is 0 Å². The SMILES string of the molecule is CNc1ccc(N)cc1-c1ccco1. The van der Waals surface area contributed by atoms with Gasteiger partial charge in [-0.05, 0) is 30.3 Å². The van der Waals surface area contributed by atoms with Crippen molar-refractivity contribution in [3.63, 3.8) is 0 Å². The molecule has 1 heterocycles. The lowest BCUT2D eigenvalue weighted by atomic mass is 10.1. The Hall–Kier alpha value is -1.90. The Morgan fingerprint density at radius 2 is 2.14 bits per heavy atom. The third-order valence-electron chi connectivity index (χ3n) is 2.10. The van der Waals surface area contributed by atoms with Crippen LogP contribution >= 0.6 is 0 Å². The number of nitrogens with one attached hydrogen (secondary N) is 1. The molecular weight excluding hydrogens is 176 g/mol. The standard InChI is InChI=1S/C11H12N2O/c1-13-10-5-4-8(12)7-9(10)11-3-2-6-14-11/h2-7,13H,12H2,1H3. The minimum Gasteiger partial charge on any atom is -0.464 e. The van der Waals surface area contributed by atoms with Gasteiger partial charge < -0.3 is 15.5 Å². The van der Waals surface area contributed by atoms with E-state index in [9.17, 15) is 0 Å². The lowest BCUT2D eigenvalue weighted by molar-refractivity contribution is 0.582. The molecule has 0 saturated heterocycles. The van der Waals surface area contributed by atoms with E-state index in [1.807, 2.05) is 37.4 Å². The van der Waals surface area contributed by atoms with Crippen LogP contribution in [0.3, 0.4) is 0 Å². The van der Waals surface area contributed by atoms with Crippen LogP contribution in [0.1, 0.15) is 0 Å². The third-order valence-corrected chi connectivity index (χ3v) is 2.10. The van der Waals surface area contributed by atoms with Gasteiger partial charge in [0.25, 0.3) is 0 Å². The van der Waals surface area contributed by atoms with E-state index in [1.165, 1.54) is 0 Å².